The molecule has 0 heterocycles. The second kappa shape index (κ2) is 5.37. The highest BCUT2D eigenvalue weighted by molar-refractivity contribution is 5.99. The number of ether oxygens (including phenoxy) is 1. The fourth-order valence-corrected chi connectivity index (χ4v) is 2.37. The molecule has 0 radical (unpaired) electrons. The molecule has 1 fully saturated rings. The van der Waals surface area contributed by atoms with E-state index in [1.807, 2.05) is 6.92 Å². The maximum Gasteiger partial charge on any atom is 0.230 e. The SMILES string of the molecule is COC(C)C(C)(C(N)=O)c1ccc(C(=O)C2CC2)cc1. The van der Waals surface area contributed by atoms with Crippen LogP contribution in [0, 0.1) is 5.92 Å². The zero-order valence-corrected chi connectivity index (χ0v) is 12.2. The monoisotopic (exact) mass is 275 g/mol. The van der Waals surface area contributed by atoms with Gasteiger partial charge in [0, 0.05) is 18.6 Å². The first-order valence-corrected chi connectivity index (χ1v) is 6.88. The summed E-state index contributed by atoms with van der Waals surface area (Å²) in [5.74, 6) is -0.0495. The Morgan fingerprint density at radius 3 is 2.25 bits per heavy atom. The van der Waals surface area contributed by atoms with Crippen LogP contribution in [0.1, 0.15) is 42.6 Å². The minimum absolute atomic E-state index is 0.192. The van der Waals surface area contributed by atoms with Gasteiger partial charge in [-0.05, 0) is 32.3 Å². The van der Waals surface area contributed by atoms with Gasteiger partial charge in [-0.3, -0.25) is 9.59 Å². The number of nitrogens with two attached hydrogens (primary N) is 1. The van der Waals surface area contributed by atoms with Crippen LogP contribution in [-0.4, -0.2) is 24.9 Å². The average Bonchev–Trinajstić information content (AvgIpc) is 3.29. The first kappa shape index (κ1) is 14.7. The molecule has 0 saturated heterocycles. The Bertz CT molecular complexity index is 519. The van der Waals surface area contributed by atoms with E-state index in [1.165, 1.54) is 0 Å². The topological polar surface area (TPSA) is 69.4 Å². The van der Waals surface area contributed by atoms with Crippen LogP contribution < -0.4 is 5.73 Å². The van der Waals surface area contributed by atoms with Gasteiger partial charge >= 0.3 is 0 Å². The second-order valence-electron chi connectivity index (χ2n) is 5.66. The van der Waals surface area contributed by atoms with Gasteiger partial charge in [0.25, 0.3) is 0 Å². The van der Waals surface area contributed by atoms with Crippen molar-refractivity contribution in [3.8, 4) is 0 Å². The van der Waals surface area contributed by atoms with E-state index in [0.29, 0.717) is 5.56 Å². The highest BCUT2D eigenvalue weighted by Crippen LogP contribution is 2.34. The van der Waals surface area contributed by atoms with E-state index in [1.54, 1.807) is 38.3 Å². The van der Waals surface area contributed by atoms with Gasteiger partial charge in [0.15, 0.2) is 5.78 Å². The van der Waals surface area contributed by atoms with Crippen molar-refractivity contribution in [2.75, 3.05) is 7.11 Å². The molecule has 108 valence electrons. The number of primary amides is 1. The largest absolute Gasteiger partial charge is 0.380 e. The average molecular weight is 275 g/mol. The molecule has 1 aliphatic rings. The molecule has 4 nitrogen and oxygen atoms in total. The molecular formula is C16H21NO3. The summed E-state index contributed by atoms with van der Waals surface area (Å²) in [7, 11) is 1.55. The van der Waals surface area contributed by atoms with Gasteiger partial charge in [-0.2, -0.15) is 0 Å². The highest BCUT2D eigenvalue weighted by Gasteiger charge is 2.39. The third-order valence-electron chi connectivity index (χ3n) is 4.40. The molecule has 1 aromatic carbocycles. The number of benzene rings is 1. The Hall–Kier alpha value is -1.68. The van der Waals surface area contributed by atoms with Gasteiger partial charge in [-0.15, -0.1) is 0 Å². The number of carbonyl (C=O) groups is 2. The van der Waals surface area contributed by atoms with E-state index in [0.717, 1.165) is 18.4 Å². The van der Waals surface area contributed by atoms with Crippen LogP contribution in [0.15, 0.2) is 24.3 Å². The fraction of sp³-hybridized carbons (Fsp3) is 0.500. The van der Waals surface area contributed by atoms with Crippen LogP contribution >= 0.6 is 0 Å². The van der Waals surface area contributed by atoms with Gasteiger partial charge in [0.05, 0.1) is 11.5 Å². The van der Waals surface area contributed by atoms with Crippen LogP contribution in [0.25, 0.3) is 0 Å². The van der Waals surface area contributed by atoms with Crippen molar-refractivity contribution < 1.29 is 14.3 Å². The molecule has 2 atom stereocenters. The summed E-state index contributed by atoms with van der Waals surface area (Å²) < 4.78 is 5.29. The molecule has 0 spiro atoms. The molecule has 1 aromatic rings. The molecule has 1 aliphatic carbocycles. The predicted octanol–water partition coefficient (Wildman–Crippen LogP) is 2.06. The molecule has 0 aliphatic heterocycles. The van der Waals surface area contributed by atoms with Crippen molar-refractivity contribution >= 4 is 11.7 Å². The lowest BCUT2D eigenvalue weighted by Crippen LogP contribution is -2.47. The van der Waals surface area contributed by atoms with E-state index in [2.05, 4.69) is 0 Å². The number of rotatable bonds is 6. The van der Waals surface area contributed by atoms with Gasteiger partial charge in [0.2, 0.25) is 5.91 Å². The Morgan fingerprint density at radius 2 is 1.85 bits per heavy atom. The first-order chi connectivity index (χ1) is 9.41. The van der Waals surface area contributed by atoms with E-state index >= 15 is 0 Å². The van der Waals surface area contributed by atoms with Crippen LogP contribution in [-0.2, 0) is 14.9 Å². The molecule has 0 aromatic heterocycles. The van der Waals surface area contributed by atoms with E-state index in [4.69, 9.17) is 10.5 Å². The summed E-state index contributed by atoms with van der Waals surface area (Å²) in [6, 6.07) is 7.16. The van der Waals surface area contributed by atoms with Gasteiger partial charge < -0.3 is 10.5 Å². The quantitative estimate of drug-likeness (QED) is 0.808. The molecule has 1 saturated carbocycles. The number of hydrogen-bond donors (Lipinski definition) is 1. The first-order valence-electron chi connectivity index (χ1n) is 6.88. The molecule has 2 rings (SSSR count). The van der Waals surface area contributed by atoms with Gasteiger partial charge in [-0.25, -0.2) is 0 Å². The van der Waals surface area contributed by atoms with Gasteiger partial charge in [0.1, 0.15) is 0 Å². The summed E-state index contributed by atoms with van der Waals surface area (Å²) in [5, 5.41) is 0. The number of Topliss-reactive ketones (excluding diaryl/α,β-unsaturated/α-hetero) is 1. The molecular weight excluding hydrogens is 254 g/mol. The Labute approximate surface area is 119 Å². The zero-order valence-electron chi connectivity index (χ0n) is 12.2. The zero-order chi connectivity index (χ0) is 14.9. The second-order valence-corrected chi connectivity index (χ2v) is 5.66. The minimum Gasteiger partial charge on any atom is -0.380 e. The summed E-state index contributed by atoms with van der Waals surface area (Å²) >= 11 is 0. The summed E-state index contributed by atoms with van der Waals surface area (Å²) in [5.41, 5.74) is 6.11. The molecule has 4 heteroatoms. The standard InChI is InChI=1S/C16H21NO3/c1-10(20-3)16(2,15(17)19)13-8-6-12(7-9-13)14(18)11-4-5-11/h6-11H,4-5H2,1-3H3,(H2,17,19). The Morgan fingerprint density at radius 1 is 1.30 bits per heavy atom. The maximum atomic E-state index is 12.0. The summed E-state index contributed by atoms with van der Waals surface area (Å²) in [4.78, 5) is 23.8. The van der Waals surface area contributed by atoms with Crippen molar-refractivity contribution in [1.82, 2.24) is 0 Å². The third kappa shape index (κ3) is 2.48. The van der Waals surface area contributed by atoms with E-state index in [-0.39, 0.29) is 17.8 Å². The molecule has 1 amide bonds. The van der Waals surface area contributed by atoms with E-state index < -0.39 is 11.3 Å². The molecule has 20 heavy (non-hydrogen) atoms. The lowest BCUT2D eigenvalue weighted by atomic mass is 9.77. The highest BCUT2D eigenvalue weighted by atomic mass is 16.5. The van der Waals surface area contributed by atoms with Crippen LogP contribution in [0.4, 0.5) is 0 Å². The molecule has 2 N–H and O–H groups in total. The lowest BCUT2D eigenvalue weighted by Gasteiger charge is -2.32. The van der Waals surface area contributed by atoms with Crippen molar-refractivity contribution in [2.24, 2.45) is 11.7 Å². The maximum absolute atomic E-state index is 12.0. The van der Waals surface area contributed by atoms with Crippen molar-refractivity contribution in [1.29, 1.82) is 0 Å². The Kier molecular flexibility index (Phi) is 3.95. The molecule has 0 bridgehead atoms. The van der Waals surface area contributed by atoms with E-state index in [9.17, 15) is 9.59 Å². The predicted molar refractivity (Wildman–Crippen MR) is 76.5 cm³/mol. The van der Waals surface area contributed by atoms with Crippen molar-refractivity contribution in [2.45, 2.75) is 38.2 Å². The number of hydrogen-bond acceptors (Lipinski definition) is 3. The minimum atomic E-state index is -0.907. The van der Waals surface area contributed by atoms with Crippen LogP contribution in [0.3, 0.4) is 0 Å². The van der Waals surface area contributed by atoms with Crippen LogP contribution in [0.2, 0.25) is 0 Å². The smallest absolute Gasteiger partial charge is 0.230 e. The van der Waals surface area contributed by atoms with Crippen molar-refractivity contribution in [3.63, 3.8) is 0 Å². The summed E-state index contributed by atoms with van der Waals surface area (Å²) in [6.07, 6.45) is 1.63. The number of ketones is 1. The third-order valence-corrected chi connectivity index (χ3v) is 4.40. The summed E-state index contributed by atoms with van der Waals surface area (Å²) in [6.45, 7) is 3.58. The number of carbonyl (C=O) groups excluding carboxylic acids is 2. The van der Waals surface area contributed by atoms with Gasteiger partial charge in [-0.1, -0.05) is 24.3 Å². The Balaban J connectivity index is 2.31. The van der Waals surface area contributed by atoms with Crippen LogP contribution in [0.5, 0.6) is 0 Å². The number of amides is 1. The number of methoxy groups -OCH3 is 1. The van der Waals surface area contributed by atoms with Crippen molar-refractivity contribution in [3.05, 3.63) is 35.4 Å². The molecule has 2 unspecified atom stereocenters. The normalized spacial score (nSPS) is 19.1. The fourth-order valence-electron chi connectivity index (χ4n) is 2.37. The lowest BCUT2D eigenvalue weighted by molar-refractivity contribution is -0.127.